The number of anilines is 3. The van der Waals surface area contributed by atoms with Crippen LogP contribution in [0.25, 0.3) is 10.9 Å². The van der Waals surface area contributed by atoms with Gasteiger partial charge in [0.25, 0.3) is 0 Å². The minimum atomic E-state index is -0.205. The molecule has 1 heterocycles. The van der Waals surface area contributed by atoms with Crippen LogP contribution in [0.2, 0.25) is 0 Å². The van der Waals surface area contributed by atoms with Gasteiger partial charge in [-0.3, -0.25) is 0 Å². The molecule has 1 fully saturated rings. The molecular formula is C25H32N6O2. The third-order valence-corrected chi connectivity index (χ3v) is 6.01. The van der Waals surface area contributed by atoms with E-state index < -0.39 is 0 Å². The van der Waals surface area contributed by atoms with Crippen LogP contribution in [0.4, 0.5) is 22.2 Å². The van der Waals surface area contributed by atoms with E-state index in [1.807, 2.05) is 68.4 Å². The Bertz CT molecular complexity index is 1130. The lowest BCUT2D eigenvalue weighted by molar-refractivity contribution is 0.243. The highest BCUT2D eigenvalue weighted by Crippen LogP contribution is 2.27. The Morgan fingerprint density at radius 3 is 2.48 bits per heavy atom. The lowest BCUT2D eigenvalue weighted by atomic mass is 9.91. The first-order valence-corrected chi connectivity index (χ1v) is 11.4. The van der Waals surface area contributed by atoms with Crippen LogP contribution < -0.4 is 25.6 Å². The van der Waals surface area contributed by atoms with E-state index in [9.17, 15) is 4.79 Å². The zero-order chi connectivity index (χ0) is 23.4. The predicted molar refractivity (Wildman–Crippen MR) is 133 cm³/mol. The highest BCUT2D eigenvalue weighted by molar-refractivity contribution is 5.91. The highest BCUT2D eigenvalue weighted by Gasteiger charge is 2.24. The summed E-state index contributed by atoms with van der Waals surface area (Å²) in [6.45, 7) is 1.98. The molecule has 0 spiro atoms. The van der Waals surface area contributed by atoms with Crippen molar-refractivity contribution in [3.05, 3.63) is 48.0 Å². The van der Waals surface area contributed by atoms with E-state index in [-0.39, 0.29) is 18.1 Å². The number of nitrogens with zero attached hydrogens (tertiary/aromatic N) is 3. The van der Waals surface area contributed by atoms with Crippen LogP contribution in [0.1, 0.15) is 31.2 Å². The van der Waals surface area contributed by atoms with Crippen LogP contribution in [-0.4, -0.2) is 49.3 Å². The van der Waals surface area contributed by atoms with Crippen molar-refractivity contribution >= 4 is 34.4 Å². The third kappa shape index (κ3) is 5.45. The summed E-state index contributed by atoms with van der Waals surface area (Å²) in [5, 5.41) is 10.6. The van der Waals surface area contributed by atoms with Crippen molar-refractivity contribution in [1.82, 2.24) is 15.3 Å². The molecule has 3 N–H and O–H groups in total. The molecule has 1 aromatic heterocycles. The number of aryl methyl sites for hydroxylation is 1. The van der Waals surface area contributed by atoms with Crippen LogP contribution in [0.3, 0.4) is 0 Å². The minimum absolute atomic E-state index is 0.133. The summed E-state index contributed by atoms with van der Waals surface area (Å²) in [7, 11) is 5.59. The summed E-state index contributed by atoms with van der Waals surface area (Å²) in [5.41, 5.74) is 2.67. The Labute approximate surface area is 194 Å². The zero-order valence-corrected chi connectivity index (χ0v) is 19.7. The number of amides is 2. The van der Waals surface area contributed by atoms with Gasteiger partial charge in [0, 0.05) is 31.6 Å². The normalized spacial score (nSPS) is 17.9. The molecule has 1 aliphatic rings. The standard InChI is InChI=1S/C25H32N6O2/c1-16-9-14-22(33-4)21(15-16)29-25(32)27-18-12-10-17(11-13-18)26-24-28-20-8-6-5-7-19(20)23(30-24)31(2)3/h5-9,14-15,17-18H,10-13H2,1-4H3,(H,26,28,30)(H2,27,29,32). The summed E-state index contributed by atoms with van der Waals surface area (Å²) in [6.07, 6.45) is 3.66. The summed E-state index contributed by atoms with van der Waals surface area (Å²) in [4.78, 5) is 24.0. The number of methoxy groups -OCH3 is 1. The van der Waals surface area contributed by atoms with Gasteiger partial charge in [0.05, 0.1) is 18.3 Å². The maximum atomic E-state index is 12.5. The Kier molecular flexibility index (Phi) is 6.82. The van der Waals surface area contributed by atoms with Gasteiger partial charge in [-0.2, -0.15) is 4.98 Å². The van der Waals surface area contributed by atoms with Gasteiger partial charge in [-0.25, -0.2) is 9.78 Å². The van der Waals surface area contributed by atoms with E-state index in [1.54, 1.807) is 7.11 Å². The molecule has 4 rings (SSSR count). The van der Waals surface area contributed by atoms with E-state index in [0.717, 1.165) is 48.0 Å². The molecule has 8 nitrogen and oxygen atoms in total. The van der Waals surface area contributed by atoms with Gasteiger partial charge >= 0.3 is 6.03 Å². The van der Waals surface area contributed by atoms with Gasteiger partial charge in [0.1, 0.15) is 11.6 Å². The number of rotatable bonds is 6. The second-order valence-electron chi connectivity index (χ2n) is 8.78. The molecule has 0 atom stereocenters. The fraction of sp³-hybridized carbons (Fsp3) is 0.400. The van der Waals surface area contributed by atoms with E-state index in [1.165, 1.54) is 0 Å². The van der Waals surface area contributed by atoms with Gasteiger partial charge in [-0.1, -0.05) is 18.2 Å². The van der Waals surface area contributed by atoms with Crippen molar-refractivity contribution in [1.29, 1.82) is 0 Å². The first-order chi connectivity index (χ1) is 15.9. The zero-order valence-electron chi connectivity index (χ0n) is 19.7. The maximum absolute atomic E-state index is 12.5. The largest absolute Gasteiger partial charge is 0.495 e. The van der Waals surface area contributed by atoms with Gasteiger partial charge in [0.2, 0.25) is 5.95 Å². The second kappa shape index (κ2) is 9.94. The number of urea groups is 1. The molecule has 0 radical (unpaired) electrons. The van der Waals surface area contributed by atoms with Gasteiger partial charge in [-0.05, 0) is 62.4 Å². The van der Waals surface area contributed by atoms with Crippen molar-refractivity contribution in [2.45, 2.75) is 44.7 Å². The van der Waals surface area contributed by atoms with Crippen LogP contribution in [0.15, 0.2) is 42.5 Å². The predicted octanol–water partition coefficient (Wildman–Crippen LogP) is 4.56. The van der Waals surface area contributed by atoms with Gasteiger partial charge in [0.15, 0.2) is 0 Å². The first-order valence-electron chi connectivity index (χ1n) is 11.4. The molecule has 2 amide bonds. The van der Waals surface area contributed by atoms with Crippen molar-refractivity contribution < 1.29 is 9.53 Å². The van der Waals surface area contributed by atoms with Gasteiger partial charge < -0.3 is 25.6 Å². The van der Waals surface area contributed by atoms with Gasteiger partial charge in [-0.15, -0.1) is 0 Å². The number of carbonyl (C=O) groups excluding carboxylic acids is 1. The summed E-state index contributed by atoms with van der Waals surface area (Å²) in [5.74, 6) is 2.20. The van der Waals surface area contributed by atoms with Crippen LogP contribution in [0, 0.1) is 6.92 Å². The average Bonchev–Trinajstić information content (AvgIpc) is 2.80. The Balaban J connectivity index is 1.33. The number of carbonyl (C=O) groups is 1. The molecule has 0 aliphatic heterocycles. The van der Waals surface area contributed by atoms with Crippen LogP contribution in [0.5, 0.6) is 5.75 Å². The molecular weight excluding hydrogens is 416 g/mol. The number of benzene rings is 2. The number of para-hydroxylation sites is 1. The Morgan fingerprint density at radius 2 is 1.76 bits per heavy atom. The van der Waals surface area contributed by atoms with Crippen molar-refractivity contribution in [2.24, 2.45) is 0 Å². The lowest BCUT2D eigenvalue weighted by Gasteiger charge is -2.30. The highest BCUT2D eigenvalue weighted by atomic mass is 16.5. The number of hydrogen-bond donors (Lipinski definition) is 3. The third-order valence-electron chi connectivity index (χ3n) is 6.01. The molecule has 174 valence electrons. The number of fused-ring (bicyclic) bond motifs is 1. The lowest BCUT2D eigenvalue weighted by Crippen LogP contribution is -2.42. The molecule has 33 heavy (non-hydrogen) atoms. The van der Waals surface area contributed by atoms with E-state index in [4.69, 9.17) is 14.7 Å². The van der Waals surface area contributed by atoms with Crippen molar-refractivity contribution in [3.8, 4) is 5.75 Å². The van der Waals surface area contributed by atoms with Crippen molar-refractivity contribution in [2.75, 3.05) is 36.7 Å². The summed E-state index contributed by atoms with van der Waals surface area (Å²) >= 11 is 0. The molecule has 1 aliphatic carbocycles. The number of aromatic nitrogens is 2. The molecule has 0 saturated heterocycles. The Hall–Kier alpha value is -3.55. The SMILES string of the molecule is COc1ccc(C)cc1NC(=O)NC1CCC(Nc2nc(N(C)C)c3ccccc3n2)CC1. The van der Waals surface area contributed by atoms with Crippen LogP contribution >= 0.6 is 0 Å². The topological polar surface area (TPSA) is 91.4 Å². The smallest absolute Gasteiger partial charge is 0.319 e. The first kappa shape index (κ1) is 22.6. The number of nitrogens with one attached hydrogen (secondary N) is 3. The molecule has 0 unspecified atom stereocenters. The quantitative estimate of drug-likeness (QED) is 0.512. The maximum Gasteiger partial charge on any atom is 0.319 e. The average molecular weight is 449 g/mol. The summed E-state index contributed by atoms with van der Waals surface area (Å²) < 4.78 is 5.35. The van der Waals surface area contributed by atoms with E-state index in [2.05, 4.69) is 16.0 Å². The van der Waals surface area contributed by atoms with E-state index in [0.29, 0.717) is 17.4 Å². The van der Waals surface area contributed by atoms with Crippen molar-refractivity contribution in [3.63, 3.8) is 0 Å². The molecule has 2 aromatic carbocycles. The minimum Gasteiger partial charge on any atom is -0.495 e. The van der Waals surface area contributed by atoms with E-state index >= 15 is 0 Å². The molecule has 1 saturated carbocycles. The number of hydrogen-bond acceptors (Lipinski definition) is 6. The summed E-state index contributed by atoms with van der Waals surface area (Å²) in [6, 6.07) is 14.0. The molecule has 0 bridgehead atoms. The fourth-order valence-corrected chi connectivity index (χ4v) is 4.29. The second-order valence-corrected chi connectivity index (χ2v) is 8.78. The molecule has 3 aromatic rings. The number of ether oxygens (including phenoxy) is 1. The fourth-order valence-electron chi connectivity index (χ4n) is 4.29. The molecule has 8 heteroatoms. The monoisotopic (exact) mass is 448 g/mol. The van der Waals surface area contributed by atoms with Crippen LogP contribution in [-0.2, 0) is 0 Å². The Morgan fingerprint density at radius 1 is 1.03 bits per heavy atom.